The quantitative estimate of drug-likeness (QED) is 0.726. The normalized spacial score (nSPS) is 10.4. The maximum atomic E-state index is 4.06. The summed E-state index contributed by atoms with van der Waals surface area (Å²) in [7, 11) is 0. The molecule has 0 aliphatic heterocycles. The lowest BCUT2D eigenvalue weighted by Crippen LogP contribution is -1.96. The zero-order valence-corrected chi connectivity index (χ0v) is 15.3. The molecule has 3 aromatic rings. The number of hydrogen-bond donors (Lipinski definition) is 1. The SMILES string of the molecule is CCc1n[nH]c(C)n1.Cc1cccc(C(C)c2cccc(C)c2)c1. The van der Waals surface area contributed by atoms with Crippen LogP contribution in [0, 0.1) is 20.8 Å². The Hall–Kier alpha value is -2.42. The molecular formula is C21H27N3. The minimum absolute atomic E-state index is 0.472. The lowest BCUT2D eigenvalue weighted by Gasteiger charge is -2.13. The first-order chi connectivity index (χ1) is 11.5. The van der Waals surface area contributed by atoms with Gasteiger partial charge >= 0.3 is 0 Å². The monoisotopic (exact) mass is 321 g/mol. The smallest absolute Gasteiger partial charge is 0.150 e. The van der Waals surface area contributed by atoms with Crippen molar-refractivity contribution in [2.45, 2.75) is 47.0 Å². The van der Waals surface area contributed by atoms with E-state index in [-0.39, 0.29) is 0 Å². The third-order valence-corrected chi connectivity index (χ3v) is 4.04. The number of H-pyrrole nitrogens is 1. The van der Waals surface area contributed by atoms with Crippen LogP contribution in [0.5, 0.6) is 0 Å². The van der Waals surface area contributed by atoms with Gasteiger partial charge in [0.05, 0.1) is 0 Å². The van der Waals surface area contributed by atoms with Gasteiger partial charge in [0.25, 0.3) is 0 Å². The van der Waals surface area contributed by atoms with Crippen molar-refractivity contribution in [2.75, 3.05) is 0 Å². The van der Waals surface area contributed by atoms with E-state index in [1.54, 1.807) is 0 Å². The van der Waals surface area contributed by atoms with Gasteiger partial charge < -0.3 is 0 Å². The summed E-state index contributed by atoms with van der Waals surface area (Å²) in [4.78, 5) is 4.06. The number of benzene rings is 2. The Balaban J connectivity index is 0.000000219. The lowest BCUT2D eigenvalue weighted by atomic mass is 9.91. The van der Waals surface area contributed by atoms with Crippen molar-refractivity contribution in [3.63, 3.8) is 0 Å². The third kappa shape index (κ3) is 5.05. The molecule has 0 radical (unpaired) electrons. The maximum absolute atomic E-state index is 4.06. The van der Waals surface area contributed by atoms with Crippen LogP contribution in [-0.4, -0.2) is 15.2 Å². The second kappa shape index (κ2) is 8.44. The fourth-order valence-corrected chi connectivity index (χ4v) is 2.62. The number of rotatable bonds is 3. The largest absolute Gasteiger partial charge is 0.263 e. The van der Waals surface area contributed by atoms with Crippen LogP contribution in [0.1, 0.15) is 53.7 Å². The fourth-order valence-electron chi connectivity index (χ4n) is 2.62. The van der Waals surface area contributed by atoms with E-state index in [1.807, 2.05) is 13.8 Å². The topological polar surface area (TPSA) is 41.6 Å². The molecule has 126 valence electrons. The van der Waals surface area contributed by atoms with E-state index in [9.17, 15) is 0 Å². The van der Waals surface area contributed by atoms with Gasteiger partial charge in [0, 0.05) is 12.3 Å². The lowest BCUT2D eigenvalue weighted by molar-refractivity contribution is 0.918. The van der Waals surface area contributed by atoms with Gasteiger partial charge in [-0.05, 0) is 31.9 Å². The Bertz CT molecular complexity index is 729. The van der Waals surface area contributed by atoms with E-state index < -0.39 is 0 Å². The Morgan fingerprint density at radius 2 is 1.46 bits per heavy atom. The summed E-state index contributed by atoms with van der Waals surface area (Å²) in [6.45, 7) is 10.5. The van der Waals surface area contributed by atoms with Crippen LogP contribution in [0.2, 0.25) is 0 Å². The molecule has 0 unspecified atom stereocenters. The molecule has 1 aromatic heterocycles. The first-order valence-electron chi connectivity index (χ1n) is 8.50. The number of aromatic nitrogens is 3. The molecule has 0 saturated carbocycles. The van der Waals surface area contributed by atoms with Crippen molar-refractivity contribution in [1.29, 1.82) is 0 Å². The molecule has 0 spiro atoms. The average Bonchev–Trinajstić information content (AvgIpc) is 3.00. The summed E-state index contributed by atoms with van der Waals surface area (Å²) in [5.74, 6) is 2.25. The van der Waals surface area contributed by atoms with Gasteiger partial charge in [0.2, 0.25) is 0 Å². The molecule has 0 amide bonds. The highest BCUT2D eigenvalue weighted by atomic mass is 15.2. The summed E-state index contributed by atoms with van der Waals surface area (Å²) in [5.41, 5.74) is 5.45. The van der Waals surface area contributed by atoms with Gasteiger partial charge in [0.1, 0.15) is 11.6 Å². The molecule has 0 aliphatic rings. The predicted octanol–water partition coefficient (Wildman–Crippen LogP) is 5.13. The molecule has 3 rings (SSSR count). The number of nitrogens with zero attached hydrogens (tertiary/aromatic N) is 2. The molecule has 1 N–H and O–H groups in total. The standard InChI is InChI=1S/C16H18.C5H9N3/c1-12-6-4-8-15(10-12)14(3)16-9-5-7-13(2)11-16;1-3-5-6-4(2)7-8-5/h4-11,14H,1-3H3;3H2,1-2H3,(H,6,7,8). The van der Waals surface area contributed by atoms with Crippen LogP contribution in [0.25, 0.3) is 0 Å². The summed E-state index contributed by atoms with van der Waals surface area (Å²) in [5, 5.41) is 6.66. The minimum atomic E-state index is 0.472. The molecule has 0 aliphatic carbocycles. The van der Waals surface area contributed by atoms with E-state index in [1.165, 1.54) is 22.3 Å². The van der Waals surface area contributed by atoms with Crippen molar-refractivity contribution in [2.24, 2.45) is 0 Å². The summed E-state index contributed by atoms with van der Waals surface area (Å²) in [6, 6.07) is 17.5. The van der Waals surface area contributed by atoms with Gasteiger partial charge in [-0.3, -0.25) is 5.10 Å². The molecule has 1 heterocycles. The van der Waals surface area contributed by atoms with Crippen molar-refractivity contribution >= 4 is 0 Å². The maximum Gasteiger partial charge on any atom is 0.150 e. The minimum Gasteiger partial charge on any atom is -0.263 e. The van der Waals surface area contributed by atoms with Crippen molar-refractivity contribution in [3.05, 3.63) is 82.4 Å². The molecule has 2 aromatic carbocycles. The average molecular weight is 321 g/mol. The van der Waals surface area contributed by atoms with E-state index >= 15 is 0 Å². The van der Waals surface area contributed by atoms with E-state index in [4.69, 9.17) is 0 Å². The second-order valence-electron chi connectivity index (χ2n) is 6.24. The first-order valence-corrected chi connectivity index (χ1v) is 8.50. The Kier molecular flexibility index (Phi) is 6.30. The number of hydrogen-bond acceptors (Lipinski definition) is 2. The summed E-state index contributed by atoms with van der Waals surface area (Å²) in [6.07, 6.45) is 0.907. The van der Waals surface area contributed by atoms with Crippen LogP contribution in [0.15, 0.2) is 48.5 Å². The van der Waals surface area contributed by atoms with Crippen LogP contribution in [0.4, 0.5) is 0 Å². The molecule has 3 nitrogen and oxygen atoms in total. The molecule has 0 bridgehead atoms. The van der Waals surface area contributed by atoms with Gasteiger partial charge in [-0.1, -0.05) is 73.5 Å². The fraction of sp³-hybridized carbons (Fsp3) is 0.333. The predicted molar refractivity (Wildman–Crippen MR) is 100 cm³/mol. The van der Waals surface area contributed by atoms with Crippen LogP contribution in [0.3, 0.4) is 0 Å². The van der Waals surface area contributed by atoms with Gasteiger partial charge in [-0.15, -0.1) is 0 Å². The molecule has 24 heavy (non-hydrogen) atoms. The highest BCUT2D eigenvalue weighted by Gasteiger charge is 2.07. The number of nitrogens with one attached hydrogen (secondary N) is 1. The molecule has 3 heteroatoms. The Morgan fingerprint density at radius 3 is 1.79 bits per heavy atom. The van der Waals surface area contributed by atoms with E-state index in [2.05, 4.69) is 84.5 Å². The molecule has 0 fully saturated rings. The van der Waals surface area contributed by atoms with E-state index in [0.29, 0.717) is 5.92 Å². The Morgan fingerprint density at radius 1 is 0.917 bits per heavy atom. The summed E-state index contributed by atoms with van der Waals surface area (Å²) < 4.78 is 0. The highest BCUT2D eigenvalue weighted by molar-refractivity contribution is 5.35. The second-order valence-corrected chi connectivity index (χ2v) is 6.24. The third-order valence-electron chi connectivity index (χ3n) is 4.04. The number of aromatic amines is 1. The molecular weight excluding hydrogens is 294 g/mol. The summed E-state index contributed by atoms with van der Waals surface area (Å²) >= 11 is 0. The number of aryl methyl sites for hydroxylation is 4. The Labute approximate surface area is 145 Å². The molecule has 0 saturated heterocycles. The van der Waals surface area contributed by atoms with Crippen molar-refractivity contribution in [1.82, 2.24) is 15.2 Å². The van der Waals surface area contributed by atoms with E-state index in [0.717, 1.165) is 18.1 Å². The van der Waals surface area contributed by atoms with Crippen LogP contribution < -0.4 is 0 Å². The van der Waals surface area contributed by atoms with Crippen LogP contribution in [-0.2, 0) is 6.42 Å². The van der Waals surface area contributed by atoms with Gasteiger partial charge in [-0.2, -0.15) is 5.10 Å². The van der Waals surface area contributed by atoms with Gasteiger partial charge in [0.15, 0.2) is 0 Å². The van der Waals surface area contributed by atoms with Gasteiger partial charge in [-0.25, -0.2) is 4.98 Å². The zero-order chi connectivity index (χ0) is 17.5. The van der Waals surface area contributed by atoms with Crippen LogP contribution >= 0.6 is 0 Å². The first kappa shape index (κ1) is 17.9. The van der Waals surface area contributed by atoms with Crippen molar-refractivity contribution < 1.29 is 0 Å². The molecule has 0 atom stereocenters. The highest BCUT2D eigenvalue weighted by Crippen LogP contribution is 2.25. The van der Waals surface area contributed by atoms with Crippen molar-refractivity contribution in [3.8, 4) is 0 Å². The zero-order valence-electron chi connectivity index (χ0n) is 15.3.